The maximum absolute atomic E-state index is 12.4. The Morgan fingerprint density at radius 2 is 1.96 bits per heavy atom. The molecule has 0 saturated heterocycles. The summed E-state index contributed by atoms with van der Waals surface area (Å²) in [6.45, 7) is 0.836. The minimum Gasteiger partial charge on any atom is -0.496 e. The molecule has 0 radical (unpaired) electrons. The second kappa shape index (κ2) is 7.47. The molecule has 0 saturated carbocycles. The molecule has 126 valence electrons. The Hall–Kier alpha value is -2.37. The number of methoxy groups -OCH3 is 1. The maximum Gasteiger partial charge on any atom is 0.237 e. The predicted octanol–water partition coefficient (Wildman–Crippen LogP) is 1.56. The summed E-state index contributed by atoms with van der Waals surface area (Å²) in [5.74, 6) is 0.516. The van der Waals surface area contributed by atoms with E-state index >= 15 is 0 Å². The van der Waals surface area contributed by atoms with Crippen LogP contribution in [0.4, 0.5) is 0 Å². The van der Waals surface area contributed by atoms with Crippen molar-refractivity contribution < 1.29 is 14.6 Å². The van der Waals surface area contributed by atoms with Crippen molar-refractivity contribution in [3.63, 3.8) is 0 Å². The van der Waals surface area contributed by atoms with E-state index < -0.39 is 6.10 Å². The minimum absolute atomic E-state index is 0.0987. The van der Waals surface area contributed by atoms with Gasteiger partial charge in [-0.05, 0) is 23.6 Å². The highest BCUT2D eigenvalue weighted by atomic mass is 16.5. The Morgan fingerprint density at radius 3 is 2.75 bits per heavy atom. The molecule has 1 amide bonds. The first kappa shape index (κ1) is 16.5. The molecule has 0 spiro atoms. The quantitative estimate of drug-likeness (QED) is 0.780. The fourth-order valence-corrected chi connectivity index (χ4v) is 3.01. The van der Waals surface area contributed by atoms with Gasteiger partial charge in [0.05, 0.1) is 19.3 Å². The number of carbonyl (C=O) groups excluding carboxylic acids is 1. The number of hydrogen-bond donors (Lipinski definition) is 3. The number of rotatable bonds is 5. The molecule has 0 unspecified atom stereocenters. The highest BCUT2D eigenvalue weighted by Gasteiger charge is 2.24. The molecule has 2 aromatic carbocycles. The summed E-state index contributed by atoms with van der Waals surface area (Å²) in [4.78, 5) is 12.4. The lowest BCUT2D eigenvalue weighted by molar-refractivity contribution is -0.123. The second-order valence-corrected chi connectivity index (χ2v) is 5.91. The molecule has 1 aliphatic rings. The molecular formula is C19H22N2O3. The Labute approximate surface area is 141 Å². The van der Waals surface area contributed by atoms with Crippen LogP contribution < -0.4 is 15.4 Å². The van der Waals surface area contributed by atoms with Crippen molar-refractivity contribution in [2.75, 3.05) is 13.7 Å². The van der Waals surface area contributed by atoms with E-state index in [1.807, 2.05) is 24.3 Å². The molecule has 0 bridgehead atoms. The smallest absolute Gasteiger partial charge is 0.237 e. The summed E-state index contributed by atoms with van der Waals surface area (Å²) in [5.41, 5.74) is 3.10. The SMILES string of the molecule is COc1ccccc1[C@H](O)CNC(=O)[C@H]1Cc2ccccc2CN1. The van der Waals surface area contributed by atoms with Crippen LogP contribution in [0.1, 0.15) is 22.8 Å². The average molecular weight is 326 g/mol. The van der Waals surface area contributed by atoms with Gasteiger partial charge >= 0.3 is 0 Å². The minimum atomic E-state index is -0.805. The van der Waals surface area contributed by atoms with E-state index in [0.717, 1.165) is 0 Å². The molecule has 1 heterocycles. The number of amides is 1. The molecule has 3 rings (SSSR count). The molecule has 3 N–H and O–H groups in total. The molecule has 5 heteroatoms. The fourth-order valence-electron chi connectivity index (χ4n) is 3.01. The zero-order chi connectivity index (χ0) is 16.9. The van der Waals surface area contributed by atoms with Gasteiger partial charge in [-0.2, -0.15) is 0 Å². The van der Waals surface area contributed by atoms with Gasteiger partial charge in [-0.25, -0.2) is 0 Å². The number of benzene rings is 2. The number of ether oxygens (including phenoxy) is 1. The van der Waals surface area contributed by atoms with Crippen LogP contribution in [0.2, 0.25) is 0 Å². The number of carbonyl (C=O) groups is 1. The van der Waals surface area contributed by atoms with Gasteiger partial charge in [0.25, 0.3) is 0 Å². The van der Waals surface area contributed by atoms with Crippen LogP contribution in [0.5, 0.6) is 5.75 Å². The zero-order valence-electron chi connectivity index (χ0n) is 13.7. The van der Waals surface area contributed by atoms with E-state index in [2.05, 4.69) is 22.8 Å². The van der Waals surface area contributed by atoms with Gasteiger partial charge in [-0.1, -0.05) is 42.5 Å². The van der Waals surface area contributed by atoms with Crippen molar-refractivity contribution in [3.8, 4) is 5.75 Å². The lowest BCUT2D eigenvalue weighted by Crippen LogP contribution is -2.48. The molecule has 24 heavy (non-hydrogen) atoms. The lowest BCUT2D eigenvalue weighted by Gasteiger charge is -2.26. The highest BCUT2D eigenvalue weighted by Crippen LogP contribution is 2.24. The summed E-state index contributed by atoms with van der Waals surface area (Å²) in [6, 6.07) is 15.1. The topological polar surface area (TPSA) is 70.6 Å². The molecule has 5 nitrogen and oxygen atoms in total. The number of nitrogens with one attached hydrogen (secondary N) is 2. The largest absolute Gasteiger partial charge is 0.496 e. The van der Waals surface area contributed by atoms with Crippen LogP contribution in [-0.4, -0.2) is 30.7 Å². The van der Waals surface area contributed by atoms with Crippen molar-refractivity contribution >= 4 is 5.91 Å². The van der Waals surface area contributed by atoms with Gasteiger partial charge in [0.2, 0.25) is 5.91 Å². The third kappa shape index (κ3) is 3.58. The van der Waals surface area contributed by atoms with Gasteiger partial charge in [0.15, 0.2) is 0 Å². The lowest BCUT2D eigenvalue weighted by atomic mass is 9.95. The summed E-state index contributed by atoms with van der Waals surface area (Å²) >= 11 is 0. The van der Waals surface area contributed by atoms with Gasteiger partial charge in [0.1, 0.15) is 5.75 Å². The third-order valence-corrected chi connectivity index (χ3v) is 4.37. The van der Waals surface area contributed by atoms with Crippen molar-refractivity contribution in [2.24, 2.45) is 0 Å². The number of aliphatic hydroxyl groups excluding tert-OH is 1. The standard InChI is InChI=1S/C19H22N2O3/c1-24-18-9-5-4-8-15(18)17(22)12-21-19(23)16-10-13-6-2-3-7-14(13)11-20-16/h2-9,16-17,20,22H,10-12H2,1H3,(H,21,23)/t16-,17-/m1/s1. The van der Waals surface area contributed by atoms with Crippen LogP contribution >= 0.6 is 0 Å². The first-order valence-corrected chi connectivity index (χ1v) is 8.08. The third-order valence-electron chi connectivity index (χ3n) is 4.37. The van der Waals surface area contributed by atoms with Gasteiger partial charge in [-0.3, -0.25) is 4.79 Å². The van der Waals surface area contributed by atoms with E-state index in [4.69, 9.17) is 4.74 Å². The molecule has 2 atom stereocenters. The zero-order valence-corrected chi connectivity index (χ0v) is 13.7. The summed E-state index contributed by atoms with van der Waals surface area (Å²) in [6.07, 6.45) is -0.145. The van der Waals surface area contributed by atoms with Gasteiger partial charge < -0.3 is 20.5 Å². The van der Waals surface area contributed by atoms with E-state index in [0.29, 0.717) is 24.3 Å². The molecular weight excluding hydrogens is 304 g/mol. The predicted molar refractivity (Wildman–Crippen MR) is 91.7 cm³/mol. The second-order valence-electron chi connectivity index (χ2n) is 5.91. The normalized spacial score (nSPS) is 17.7. The van der Waals surface area contributed by atoms with Crippen LogP contribution in [0.15, 0.2) is 48.5 Å². The van der Waals surface area contributed by atoms with E-state index in [1.165, 1.54) is 11.1 Å². The average Bonchev–Trinajstić information content (AvgIpc) is 2.65. The first-order chi connectivity index (χ1) is 11.7. The van der Waals surface area contributed by atoms with Gasteiger partial charge in [-0.15, -0.1) is 0 Å². The number of hydrogen-bond acceptors (Lipinski definition) is 4. The van der Waals surface area contributed by atoms with Crippen LogP contribution in [0.3, 0.4) is 0 Å². The molecule has 0 aliphatic carbocycles. The van der Waals surface area contributed by atoms with Gasteiger partial charge in [0, 0.05) is 18.7 Å². The molecule has 2 aromatic rings. The Balaban J connectivity index is 1.58. The van der Waals surface area contributed by atoms with Crippen LogP contribution in [-0.2, 0) is 17.8 Å². The van der Waals surface area contributed by atoms with E-state index in [9.17, 15) is 9.90 Å². The number of fused-ring (bicyclic) bond motifs is 1. The summed E-state index contributed by atoms with van der Waals surface area (Å²) < 4.78 is 5.24. The highest BCUT2D eigenvalue weighted by molar-refractivity contribution is 5.82. The fraction of sp³-hybridized carbons (Fsp3) is 0.316. The van der Waals surface area contributed by atoms with Crippen LogP contribution in [0.25, 0.3) is 0 Å². The maximum atomic E-state index is 12.4. The van der Waals surface area contributed by atoms with Crippen molar-refractivity contribution in [3.05, 3.63) is 65.2 Å². The summed E-state index contributed by atoms with van der Waals surface area (Å²) in [5, 5.41) is 16.4. The number of aliphatic hydroxyl groups is 1. The number of para-hydroxylation sites is 1. The van der Waals surface area contributed by atoms with Crippen molar-refractivity contribution in [1.29, 1.82) is 0 Å². The van der Waals surface area contributed by atoms with E-state index in [1.54, 1.807) is 19.2 Å². The first-order valence-electron chi connectivity index (χ1n) is 8.08. The molecule has 0 fully saturated rings. The Kier molecular flexibility index (Phi) is 5.13. The van der Waals surface area contributed by atoms with Crippen LogP contribution in [0, 0.1) is 0 Å². The van der Waals surface area contributed by atoms with Crippen molar-refractivity contribution in [1.82, 2.24) is 10.6 Å². The van der Waals surface area contributed by atoms with Crippen molar-refractivity contribution in [2.45, 2.75) is 25.1 Å². The Bertz CT molecular complexity index is 717. The summed E-state index contributed by atoms with van der Waals surface area (Å²) in [7, 11) is 1.56. The monoisotopic (exact) mass is 326 g/mol. The van der Waals surface area contributed by atoms with E-state index in [-0.39, 0.29) is 18.5 Å². The Morgan fingerprint density at radius 1 is 1.25 bits per heavy atom. The molecule has 1 aliphatic heterocycles. The molecule has 0 aromatic heterocycles.